The molecule has 0 saturated carbocycles. The second kappa shape index (κ2) is 6.64. The minimum absolute atomic E-state index is 0.0791. The van der Waals surface area contributed by atoms with E-state index in [4.69, 9.17) is 28.3 Å². The topological polar surface area (TPSA) is 40.5 Å². The summed E-state index contributed by atoms with van der Waals surface area (Å²) >= 11 is 11.9. The summed E-state index contributed by atoms with van der Waals surface area (Å²) in [6, 6.07) is 14.7. The summed E-state index contributed by atoms with van der Waals surface area (Å²) in [7, 11) is 0. The fraction of sp³-hybridized carbons (Fsp3) is 0.133. The minimum atomic E-state index is -0.881. The first kappa shape index (κ1) is 14.7. The summed E-state index contributed by atoms with van der Waals surface area (Å²) in [6.45, 7) is 0.372. The fourth-order valence-electron chi connectivity index (χ4n) is 1.90. The molecule has 5 heteroatoms. The van der Waals surface area contributed by atoms with E-state index in [9.17, 15) is 4.79 Å². The van der Waals surface area contributed by atoms with Gasteiger partial charge in [-0.3, -0.25) is 4.79 Å². The molecule has 0 heterocycles. The van der Waals surface area contributed by atoms with Crippen molar-refractivity contribution in [2.75, 3.05) is 11.4 Å². The van der Waals surface area contributed by atoms with Crippen LogP contribution in [0.1, 0.15) is 5.56 Å². The molecule has 0 fully saturated rings. The van der Waals surface area contributed by atoms with Gasteiger partial charge >= 0.3 is 5.97 Å². The second-order valence-corrected chi connectivity index (χ2v) is 5.15. The molecule has 0 amide bonds. The van der Waals surface area contributed by atoms with Crippen LogP contribution in [-0.2, 0) is 11.3 Å². The maximum Gasteiger partial charge on any atom is 0.323 e. The van der Waals surface area contributed by atoms with Crippen LogP contribution in [-0.4, -0.2) is 17.6 Å². The Labute approximate surface area is 127 Å². The van der Waals surface area contributed by atoms with Gasteiger partial charge in [0.05, 0.1) is 10.0 Å². The van der Waals surface area contributed by atoms with Gasteiger partial charge in [0.25, 0.3) is 0 Å². The largest absolute Gasteiger partial charge is 0.480 e. The SMILES string of the molecule is O=C(O)CN(Cc1ccc(Cl)c(Cl)c1)c1ccccc1. The van der Waals surface area contributed by atoms with Crippen molar-refractivity contribution in [3.8, 4) is 0 Å². The summed E-state index contributed by atoms with van der Waals surface area (Å²) in [6.07, 6.45) is 0. The van der Waals surface area contributed by atoms with E-state index < -0.39 is 5.97 Å². The van der Waals surface area contributed by atoms with E-state index in [1.54, 1.807) is 17.0 Å². The van der Waals surface area contributed by atoms with E-state index in [2.05, 4.69) is 0 Å². The molecule has 2 aromatic carbocycles. The highest BCUT2D eigenvalue weighted by atomic mass is 35.5. The van der Waals surface area contributed by atoms with Crippen molar-refractivity contribution >= 4 is 34.9 Å². The molecule has 0 atom stereocenters. The summed E-state index contributed by atoms with van der Waals surface area (Å²) in [5, 5.41) is 9.98. The van der Waals surface area contributed by atoms with E-state index in [-0.39, 0.29) is 6.54 Å². The van der Waals surface area contributed by atoms with Gasteiger partial charge in [-0.1, -0.05) is 47.5 Å². The molecule has 0 aromatic heterocycles. The first-order valence-electron chi connectivity index (χ1n) is 6.02. The molecule has 0 aliphatic rings. The number of carboxylic acids is 1. The number of halogens is 2. The lowest BCUT2D eigenvalue weighted by Gasteiger charge is -2.23. The van der Waals surface area contributed by atoms with Crippen LogP contribution in [0.5, 0.6) is 0 Å². The monoisotopic (exact) mass is 309 g/mol. The van der Waals surface area contributed by atoms with Crippen LogP contribution in [0, 0.1) is 0 Å². The van der Waals surface area contributed by atoms with E-state index >= 15 is 0 Å². The Morgan fingerprint density at radius 3 is 2.35 bits per heavy atom. The van der Waals surface area contributed by atoms with Gasteiger partial charge in [-0.2, -0.15) is 0 Å². The first-order chi connectivity index (χ1) is 9.56. The predicted octanol–water partition coefficient (Wildman–Crippen LogP) is 4.08. The average molecular weight is 310 g/mol. The molecule has 0 aliphatic carbocycles. The second-order valence-electron chi connectivity index (χ2n) is 4.33. The summed E-state index contributed by atoms with van der Waals surface area (Å²) in [5.74, 6) is -0.881. The molecule has 2 aromatic rings. The van der Waals surface area contributed by atoms with E-state index in [1.807, 2.05) is 36.4 Å². The van der Waals surface area contributed by atoms with Gasteiger partial charge in [0.2, 0.25) is 0 Å². The molecule has 0 radical (unpaired) electrons. The van der Waals surface area contributed by atoms with Crippen LogP contribution in [0.25, 0.3) is 0 Å². The van der Waals surface area contributed by atoms with Crippen LogP contribution in [0.2, 0.25) is 10.0 Å². The number of anilines is 1. The smallest absolute Gasteiger partial charge is 0.323 e. The Morgan fingerprint density at radius 2 is 1.75 bits per heavy atom. The van der Waals surface area contributed by atoms with Gasteiger partial charge in [-0.05, 0) is 29.8 Å². The van der Waals surface area contributed by atoms with Crippen LogP contribution >= 0.6 is 23.2 Å². The van der Waals surface area contributed by atoms with Crippen LogP contribution in [0.15, 0.2) is 48.5 Å². The third kappa shape index (κ3) is 3.89. The van der Waals surface area contributed by atoms with Crippen LogP contribution < -0.4 is 4.90 Å². The number of carboxylic acid groups (broad SMARTS) is 1. The molecule has 0 saturated heterocycles. The lowest BCUT2D eigenvalue weighted by molar-refractivity contribution is -0.135. The third-order valence-corrected chi connectivity index (χ3v) is 3.54. The van der Waals surface area contributed by atoms with Gasteiger partial charge < -0.3 is 10.0 Å². The zero-order valence-corrected chi connectivity index (χ0v) is 12.1. The van der Waals surface area contributed by atoms with Crippen molar-refractivity contribution in [2.24, 2.45) is 0 Å². The maximum absolute atomic E-state index is 11.0. The maximum atomic E-state index is 11.0. The standard InChI is InChI=1S/C15H13Cl2NO2/c16-13-7-6-11(8-14(13)17)9-18(10-15(19)20)12-4-2-1-3-5-12/h1-8H,9-10H2,(H,19,20). The van der Waals surface area contributed by atoms with E-state index in [0.29, 0.717) is 16.6 Å². The summed E-state index contributed by atoms with van der Waals surface area (Å²) in [4.78, 5) is 12.8. The lowest BCUT2D eigenvalue weighted by atomic mass is 10.2. The average Bonchev–Trinajstić information content (AvgIpc) is 2.43. The number of nitrogens with zero attached hydrogens (tertiary/aromatic N) is 1. The Hall–Kier alpha value is -1.71. The minimum Gasteiger partial charge on any atom is -0.480 e. The fourth-order valence-corrected chi connectivity index (χ4v) is 2.22. The molecule has 0 spiro atoms. The number of hydrogen-bond donors (Lipinski definition) is 1. The molecule has 104 valence electrons. The molecule has 0 unspecified atom stereocenters. The number of aliphatic carboxylic acids is 1. The van der Waals surface area contributed by atoms with Crippen LogP contribution in [0.4, 0.5) is 5.69 Å². The highest BCUT2D eigenvalue weighted by Crippen LogP contribution is 2.24. The highest BCUT2D eigenvalue weighted by Gasteiger charge is 2.11. The van der Waals surface area contributed by atoms with Crippen molar-refractivity contribution in [3.05, 3.63) is 64.1 Å². The number of carbonyl (C=O) groups is 1. The molecule has 3 nitrogen and oxygen atoms in total. The van der Waals surface area contributed by atoms with Gasteiger partial charge in [-0.25, -0.2) is 0 Å². The molecular formula is C15H13Cl2NO2. The number of hydrogen-bond acceptors (Lipinski definition) is 2. The van der Waals surface area contributed by atoms with Crippen molar-refractivity contribution in [2.45, 2.75) is 6.54 Å². The van der Waals surface area contributed by atoms with Gasteiger partial charge in [0.15, 0.2) is 0 Å². The van der Waals surface area contributed by atoms with Gasteiger partial charge in [0, 0.05) is 12.2 Å². The van der Waals surface area contributed by atoms with E-state index in [0.717, 1.165) is 11.3 Å². The van der Waals surface area contributed by atoms with Crippen molar-refractivity contribution < 1.29 is 9.90 Å². The van der Waals surface area contributed by atoms with Crippen molar-refractivity contribution in [1.29, 1.82) is 0 Å². The molecule has 2 rings (SSSR count). The summed E-state index contributed by atoms with van der Waals surface area (Å²) in [5.41, 5.74) is 1.76. The molecule has 0 bridgehead atoms. The molecule has 20 heavy (non-hydrogen) atoms. The molecular weight excluding hydrogens is 297 g/mol. The highest BCUT2D eigenvalue weighted by molar-refractivity contribution is 6.42. The molecule has 0 aliphatic heterocycles. The van der Waals surface area contributed by atoms with Crippen molar-refractivity contribution in [3.63, 3.8) is 0 Å². The zero-order valence-electron chi connectivity index (χ0n) is 10.6. The normalized spacial score (nSPS) is 10.3. The lowest BCUT2D eigenvalue weighted by Crippen LogP contribution is -2.29. The van der Waals surface area contributed by atoms with Gasteiger partial charge in [0.1, 0.15) is 6.54 Å². The van der Waals surface area contributed by atoms with Crippen LogP contribution in [0.3, 0.4) is 0 Å². The molecule has 1 N–H and O–H groups in total. The van der Waals surface area contributed by atoms with Crippen molar-refractivity contribution in [1.82, 2.24) is 0 Å². The Kier molecular flexibility index (Phi) is 4.88. The number of benzene rings is 2. The van der Waals surface area contributed by atoms with E-state index in [1.165, 1.54) is 0 Å². The first-order valence-corrected chi connectivity index (χ1v) is 6.77. The Bertz CT molecular complexity index is 602. The summed E-state index contributed by atoms with van der Waals surface area (Å²) < 4.78 is 0. The number of rotatable bonds is 5. The Morgan fingerprint density at radius 1 is 1.05 bits per heavy atom. The quantitative estimate of drug-likeness (QED) is 0.904. The predicted molar refractivity (Wildman–Crippen MR) is 81.6 cm³/mol. The third-order valence-electron chi connectivity index (χ3n) is 2.80. The Balaban J connectivity index is 2.23. The zero-order chi connectivity index (χ0) is 14.5. The number of para-hydroxylation sites is 1. The van der Waals surface area contributed by atoms with Gasteiger partial charge in [-0.15, -0.1) is 0 Å².